The largest absolute Gasteiger partial charge is 0.383 e. The normalized spacial score (nSPS) is 31.5. The van der Waals surface area contributed by atoms with Crippen molar-refractivity contribution >= 4 is 22.2 Å². The topological polar surface area (TPSA) is 30.7 Å². The Morgan fingerprint density at radius 3 is 2.55 bits per heavy atom. The van der Waals surface area contributed by atoms with Crippen molar-refractivity contribution in [2.45, 2.75) is 12.8 Å². The molecule has 1 aliphatic rings. The number of piperidine rings is 1. The lowest BCUT2D eigenvalue weighted by Gasteiger charge is -2.23. The van der Waals surface area contributed by atoms with Gasteiger partial charge in [-0.25, -0.2) is 0 Å². The highest BCUT2D eigenvalue weighted by atomic mass is 79.9. The second-order valence-corrected chi connectivity index (χ2v) is 3.45. The molecule has 11 heavy (non-hydrogen) atoms. The third-order valence-electron chi connectivity index (χ3n) is 2.25. The molecule has 1 saturated heterocycles. The zero-order chi connectivity index (χ0) is 8.27. The van der Waals surface area contributed by atoms with Crippen LogP contribution in [0.15, 0.2) is 0 Å². The van der Waals surface area contributed by atoms with E-state index in [4.69, 9.17) is 0 Å². The van der Waals surface area contributed by atoms with Crippen molar-refractivity contribution in [3.05, 3.63) is 0 Å². The average Bonchev–Trinajstić information content (AvgIpc) is 2.05. The molecule has 0 saturated carbocycles. The molecule has 64 valence electrons. The van der Waals surface area contributed by atoms with Gasteiger partial charge in [0.2, 0.25) is 0 Å². The lowest BCUT2D eigenvalue weighted by atomic mass is 9.98. The molecule has 0 radical (unpaired) electrons. The van der Waals surface area contributed by atoms with Crippen LogP contribution in [0.25, 0.3) is 0 Å². The van der Waals surface area contributed by atoms with E-state index >= 15 is 0 Å². The van der Waals surface area contributed by atoms with E-state index in [9.17, 15) is 4.79 Å². The van der Waals surface area contributed by atoms with E-state index in [0.717, 1.165) is 25.9 Å². The smallest absolute Gasteiger partial charge is 0.320 e. The highest BCUT2D eigenvalue weighted by Gasteiger charge is 2.26. The molecule has 0 aromatic rings. The van der Waals surface area contributed by atoms with Crippen LogP contribution >= 0.6 is 16.3 Å². The van der Waals surface area contributed by atoms with Gasteiger partial charge >= 0.3 is 5.97 Å². The molecule has 0 amide bonds. The number of likely N-dealkylation sites (tertiary alicyclic amines) is 1. The van der Waals surface area contributed by atoms with Gasteiger partial charge in [-0.2, -0.15) is 0 Å². The maximum absolute atomic E-state index is 11.0. The molecule has 1 N–H and O–H groups in total. The second kappa shape index (κ2) is 4.07. The Bertz CT molecular complexity index is 143. The highest BCUT2D eigenvalue weighted by Crippen LogP contribution is 2.12. The van der Waals surface area contributed by atoms with Crippen molar-refractivity contribution < 1.29 is 13.5 Å². The Balaban J connectivity index is 2.33. The van der Waals surface area contributed by atoms with Gasteiger partial charge in [-0.1, -0.05) is 0 Å². The molecule has 0 aliphatic carbocycles. The predicted molar refractivity (Wildman–Crippen MR) is 44.4 cm³/mol. The Hall–Kier alpha value is -0.0900. The molecular weight excluding hydrogens is 210 g/mol. The summed E-state index contributed by atoms with van der Waals surface area (Å²) >= 11 is 2.71. The Kier molecular flexibility index (Phi) is 3.33. The fraction of sp³-hybridized carbons (Fsp3) is 0.857. The molecule has 1 heterocycles. The van der Waals surface area contributed by atoms with E-state index in [-0.39, 0.29) is 11.9 Å². The molecule has 1 aliphatic heterocycles. The third kappa shape index (κ3) is 2.45. The minimum atomic E-state index is -0.113. The number of carbonyl (C=O) groups is 1. The number of hydrogen-bond acceptors (Lipinski definition) is 2. The summed E-state index contributed by atoms with van der Waals surface area (Å²) in [5, 5.41) is 0. The summed E-state index contributed by atoms with van der Waals surface area (Å²) < 4.78 is 4.49. The van der Waals surface area contributed by atoms with Gasteiger partial charge in [0, 0.05) is 12.8 Å². The van der Waals surface area contributed by atoms with Crippen molar-refractivity contribution in [1.29, 1.82) is 0 Å². The van der Waals surface area contributed by atoms with Gasteiger partial charge in [-0.05, 0) is 0 Å². The fourth-order valence-electron chi connectivity index (χ4n) is 1.41. The van der Waals surface area contributed by atoms with E-state index in [1.165, 1.54) is 4.90 Å². The van der Waals surface area contributed by atoms with Crippen molar-refractivity contribution in [2.24, 2.45) is 5.92 Å². The molecule has 0 unspecified atom stereocenters. The number of hydrogen-bond donors (Lipinski definition) is 1. The zero-order valence-electron chi connectivity index (χ0n) is 6.60. The van der Waals surface area contributed by atoms with Crippen LogP contribution < -0.4 is 4.90 Å². The Labute approximate surface area is 75.2 Å². The maximum Gasteiger partial charge on any atom is 0.320 e. The first-order valence-electron chi connectivity index (χ1n) is 3.87. The highest BCUT2D eigenvalue weighted by molar-refractivity contribution is 9.06. The first kappa shape index (κ1) is 9.00. The summed E-state index contributed by atoms with van der Waals surface area (Å²) in [4.78, 5) is 12.5. The zero-order valence-corrected chi connectivity index (χ0v) is 8.19. The molecule has 0 bridgehead atoms. The molecule has 0 spiro atoms. The summed E-state index contributed by atoms with van der Waals surface area (Å²) in [6.07, 6.45) is 1.91. The number of rotatable bonds is 1. The van der Waals surface area contributed by atoms with Crippen LogP contribution in [0.3, 0.4) is 0 Å². The van der Waals surface area contributed by atoms with Crippen LogP contribution in [0.2, 0.25) is 0 Å². The van der Waals surface area contributed by atoms with Crippen LogP contribution in [0, 0.1) is 5.92 Å². The van der Waals surface area contributed by atoms with Crippen molar-refractivity contribution in [3.63, 3.8) is 0 Å². The minimum absolute atomic E-state index is 0.113. The van der Waals surface area contributed by atoms with E-state index in [2.05, 4.69) is 27.1 Å². The quantitative estimate of drug-likeness (QED) is 0.665. The van der Waals surface area contributed by atoms with Crippen LogP contribution in [-0.2, 0) is 8.62 Å². The number of nitrogens with one attached hydrogen (secondary N) is 1. The molecule has 0 atom stereocenters. The van der Waals surface area contributed by atoms with Gasteiger partial charge in [-0.15, -0.1) is 0 Å². The SMILES string of the molecule is C[NH+]1CCC(C(=O)OBr)CC1. The standard InChI is InChI=1S/C7H12BrNO2/c1-9-4-2-6(3-5-9)7(10)11-8/h6H,2-5H2,1H3/p+1. The number of halogens is 1. The summed E-state index contributed by atoms with van der Waals surface area (Å²) in [6.45, 7) is 2.15. The van der Waals surface area contributed by atoms with Crippen molar-refractivity contribution in [1.82, 2.24) is 0 Å². The van der Waals surface area contributed by atoms with Gasteiger partial charge in [0.05, 0.1) is 26.1 Å². The minimum Gasteiger partial charge on any atom is -0.383 e. The van der Waals surface area contributed by atoms with E-state index in [1.807, 2.05) is 0 Å². The summed E-state index contributed by atoms with van der Waals surface area (Å²) in [5.74, 6) is 0.00979. The van der Waals surface area contributed by atoms with Crippen LogP contribution in [0.1, 0.15) is 12.8 Å². The Morgan fingerprint density at radius 2 is 2.09 bits per heavy atom. The summed E-state index contributed by atoms with van der Waals surface area (Å²) in [6, 6.07) is 0. The molecule has 4 heteroatoms. The average molecular weight is 223 g/mol. The first-order chi connectivity index (χ1) is 5.24. The van der Waals surface area contributed by atoms with Gasteiger partial charge < -0.3 is 8.73 Å². The van der Waals surface area contributed by atoms with Gasteiger partial charge in [0.15, 0.2) is 16.3 Å². The number of quaternary nitrogens is 1. The lowest BCUT2D eigenvalue weighted by molar-refractivity contribution is -0.885. The molecule has 1 rings (SSSR count). The molecule has 1 fully saturated rings. The molecule has 3 nitrogen and oxygen atoms in total. The number of carbonyl (C=O) groups excluding carboxylic acids is 1. The van der Waals surface area contributed by atoms with Gasteiger partial charge in [-0.3, -0.25) is 4.79 Å². The lowest BCUT2D eigenvalue weighted by Crippen LogP contribution is -3.10. The van der Waals surface area contributed by atoms with Crippen LogP contribution in [0.4, 0.5) is 0 Å². The van der Waals surface area contributed by atoms with Crippen molar-refractivity contribution in [3.8, 4) is 0 Å². The van der Waals surface area contributed by atoms with E-state index in [0.29, 0.717) is 0 Å². The van der Waals surface area contributed by atoms with Crippen molar-refractivity contribution in [2.75, 3.05) is 20.1 Å². The molecule has 0 aromatic heterocycles. The molecule has 0 aromatic carbocycles. The predicted octanol–water partition coefficient (Wildman–Crippen LogP) is -0.236. The first-order valence-corrected chi connectivity index (χ1v) is 4.52. The van der Waals surface area contributed by atoms with Crippen LogP contribution in [0.5, 0.6) is 0 Å². The molecular formula is C7H13BrNO2+. The van der Waals surface area contributed by atoms with E-state index < -0.39 is 0 Å². The fourth-order valence-corrected chi connectivity index (χ4v) is 1.67. The van der Waals surface area contributed by atoms with Gasteiger partial charge in [0.25, 0.3) is 0 Å². The summed E-state index contributed by atoms with van der Waals surface area (Å²) in [5.41, 5.74) is 0. The maximum atomic E-state index is 11.0. The summed E-state index contributed by atoms with van der Waals surface area (Å²) in [7, 11) is 2.15. The van der Waals surface area contributed by atoms with Gasteiger partial charge in [0.1, 0.15) is 0 Å². The second-order valence-electron chi connectivity index (χ2n) is 3.13. The van der Waals surface area contributed by atoms with Crippen LogP contribution in [-0.4, -0.2) is 26.1 Å². The monoisotopic (exact) mass is 222 g/mol. The third-order valence-corrected chi connectivity index (χ3v) is 2.57. The van der Waals surface area contributed by atoms with E-state index in [1.54, 1.807) is 0 Å². The Morgan fingerprint density at radius 1 is 1.55 bits per heavy atom.